The van der Waals surface area contributed by atoms with E-state index >= 15 is 0 Å². The van der Waals surface area contributed by atoms with Crippen LogP contribution in [0.15, 0.2) is 24.3 Å². The zero-order valence-electron chi connectivity index (χ0n) is 12.7. The first kappa shape index (κ1) is 16.6. The molecule has 0 aromatic heterocycles. The second kappa shape index (κ2) is 7.49. The Hall–Kier alpha value is -1.75. The fourth-order valence-electron chi connectivity index (χ4n) is 2.40. The molecule has 0 heterocycles. The molecule has 1 aromatic carbocycles. The second-order valence-corrected chi connectivity index (χ2v) is 6.03. The molecule has 6 heteroatoms. The first-order valence-electron chi connectivity index (χ1n) is 7.40. The van der Waals surface area contributed by atoms with Crippen molar-refractivity contribution in [1.82, 2.24) is 10.6 Å². The Labute approximate surface area is 135 Å². The summed E-state index contributed by atoms with van der Waals surface area (Å²) in [6.45, 7) is 1.07. The van der Waals surface area contributed by atoms with Gasteiger partial charge in [-0.2, -0.15) is 0 Å². The van der Waals surface area contributed by atoms with E-state index in [9.17, 15) is 9.59 Å². The number of ether oxygens (including phenoxy) is 1. The Morgan fingerprint density at radius 1 is 1.32 bits per heavy atom. The lowest BCUT2D eigenvalue weighted by atomic mass is 9.96. The number of hydrogen-bond acceptors (Lipinski definition) is 3. The number of amides is 2. The van der Waals surface area contributed by atoms with Crippen LogP contribution in [0, 0.1) is 0 Å². The van der Waals surface area contributed by atoms with Gasteiger partial charge in [0.2, 0.25) is 5.91 Å². The summed E-state index contributed by atoms with van der Waals surface area (Å²) in [7, 11) is 1.31. The normalized spacial score (nSPS) is 15.0. The number of carbonyl (C=O) groups excluding carboxylic acids is 2. The van der Waals surface area contributed by atoms with Crippen LogP contribution in [-0.4, -0.2) is 32.2 Å². The van der Waals surface area contributed by atoms with Gasteiger partial charge in [-0.3, -0.25) is 4.79 Å². The van der Waals surface area contributed by atoms with Crippen molar-refractivity contribution in [2.75, 3.05) is 20.2 Å². The predicted octanol–water partition coefficient (Wildman–Crippen LogP) is 2.62. The van der Waals surface area contributed by atoms with E-state index in [0.29, 0.717) is 25.9 Å². The number of alkyl carbamates (subject to hydrolysis) is 1. The standard InChI is InChI=1S/C16H21ClN2O3/c1-22-15(21)18-9-3-6-14(20)19-11-16(7-8-16)12-4-2-5-13(17)10-12/h2,4-5,10H,3,6-9,11H2,1H3,(H,18,21)(H,19,20). The summed E-state index contributed by atoms with van der Waals surface area (Å²) in [6.07, 6.45) is 2.63. The number of carbonyl (C=O) groups is 2. The predicted molar refractivity (Wildman–Crippen MR) is 85.0 cm³/mol. The fourth-order valence-corrected chi connectivity index (χ4v) is 2.59. The van der Waals surface area contributed by atoms with Crippen LogP contribution in [0.4, 0.5) is 4.79 Å². The maximum absolute atomic E-state index is 11.8. The lowest BCUT2D eigenvalue weighted by Crippen LogP contribution is -2.33. The van der Waals surface area contributed by atoms with Crippen LogP contribution >= 0.6 is 11.6 Å². The maximum Gasteiger partial charge on any atom is 0.406 e. The van der Waals surface area contributed by atoms with Gasteiger partial charge in [0, 0.05) is 29.9 Å². The lowest BCUT2D eigenvalue weighted by molar-refractivity contribution is -0.121. The van der Waals surface area contributed by atoms with Crippen LogP contribution in [-0.2, 0) is 14.9 Å². The van der Waals surface area contributed by atoms with Gasteiger partial charge in [0.05, 0.1) is 7.11 Å². The van der Waals surface area contributed by atoms with Gasteiger partial charge in [-0.15, -0.1) is 0 Å². The first-order valence-corrected chi connectivity index (χ1v) is 7.78. The van der Waals surface area contributed by atoms with Crippen molar-refractivity contribution in [3.05, 3.63) is 34.9 Å². The van der Waals surface area contributed by atoms with Crippen molar-refractivity contribution in [2.45, 2.75) is 31.1 Å². The Morgan fingerprint density at radius 3 is 2.73 bits per heavy atom. The number of methoxy groups -OCH3 is 1. The minimum atomic E-state index is -0.474. The topological polar surface area (TPSA) is 67.4 Å². The van der Waals surface area contributed by atoms with E-state index in [0.717, 1.165) is 17.9 Å². The molecule has 0 saturated heterocycles. The Kier molecular flexibility index (Phi) is 5.66. The smallest absolute Gasteiger partial charge is 0.406 e. The molecule has 1 aromatic rings. The largest absolute Gasteiger partial charge is 0.453 e. The highest BCUT2D eigenvalue weighted by atomic mass is 35.5. The molecule has 0 radical (unpaired) electrons. The molecular weight excluding hydrogens is 304 g/mol. The summed E-state index contributed by atoms with van der Waals surface area (Å²) in [6, 6.07) is 7.83. The quantitative estimate of drug-likeness (QED) is 0.758. The van der Waals surface area contributed by atoms with Crippen LogP contribution in [0.2, 0.25) is 5.02 Å². The molecule has 0 bridgehead atoms. The third kappa shape index (κ3) is 4.63. The molecular formula is C16H21ClN2O3. The van der Waals surface area contributed by atoms with Gasteiger partial charge in [-0.1, -0.05) is 23.7 Å². The fraction of sp³-hybridized carbons (Fsp3) is 0.500. The summed E-state index contributed by atoms with van der Waals surface area (Å²) in [5, 5.41) is 6.25. The average Bonchev–Trinajstić information content (AvgIpc) is 3.30. The van der Waals surface area contributed by atoms with Crippen LogP contribution in [0.1, 0.15) is 31.2 Å². The van der Waals surface area contributed by atoms with Gasteiger partial charge in [-0.05, 0) is 37.0 Å². The molecule has 2 rings (SSSR count). The van der Waals surface area contributed by atoms with E-state index in [1.165, 1.54) is 12.7 Å². The molecule has 1 fully saturated rings. The molecule has 0 spiro atoms. The van der Waals surface area contributed by atoms with Crippen molar-refractivity contribution in [3.8, 4) is 0 Å². The van der Waals surface area contributed by atoms with Crippen LogP contribution in [0.3, 0.4) is 0 Å². The number of benzene rings is 1. The lowest BCUT2D eigenvalue weighted by Gasteiger charge is -2.17. The van der Waals surface area contributed by atoms with E-state index < -0.39 is 6.09 Å². The number of rotatable bonds is 7. The van der Waals surface area contributed by atoms with E-state index in [1.54, 1.807) is 0 Å². The van der Waals surface area contributed by atoms with E-state index in [4.69, 9.17) is 11.6 Å². The summed E-state index contributed by atoms with van der Waals surface area (Å²) < 4.78 is 4.45. The van der Waals surface area contributed by atoms with Crippen molar-refractivity contribution in [2.24, 2.45) is 0 Å². The van der Waals surface area contributed by atoms with Gasteiger partial charge >= 0.3 is 6.09 Å². The van der Waals surface area contributed by atoms with E-state index in [-0.39, 0.29) is 11.3 Å². The molecule has 0 atom stereocenters. The van der Waals surface area contributed by atoms with Crippen molar-refractivity contribution in [3.63, 3.8) is 0 Å². The van der Waals surface area contributed by atoms with Crippen molar-refractivity contribution in [1.29, 1.82) is 0 Å². The molecule has 1 aliphatic carbocycles. The van der Waals surface area contributed by atoms with Gasteiger partial charge in [0.1, 0.15) is 0 Å². The molecule has 0 aliphatic heterocycles. The summed E-state index contributed by atoms with van der Waals surface area (Å²) in [5.41, 5.74) is 1.23. The number of hydrogen-bond donors (Lipinski definition) is 2. The molecule has 2 N–H and O–H groups in total. The van der Waals surface area contributed by atoms with Crippen LogP contribution < -0.4 is 10.6 Å². The SMILES string of the molecule is COC(=O)NCCCC(=O)NCC1(c2cccc(Cl)c2)CC1. The van der Waals surface area contributed by atoms with Gasteiger partial charge in [0.25, 0.3) is 0 Å². The monoisotopic (exact) mass is 324 g/mol. The highest BCUT2D eigenvalue weighted by molar-refractivity contribution is 6.30. The third-order valence-electron chi connectivity index (χ3n) is 3.95. The van der Waals surface area contributed by atoms with Gasteiger partial charge in [-0.25, -0.2) is 4.79 Å². The minimum Gasteiger partial charge on any atom is -0.453 e. The Bertz CT molecular complexity index is 544. The highest BCUT2D eigenvalue weighted by Crippen LogP contribution is 2.48. The summed E-state index contributed by atoms with van der Waals surface area (Å²) in [4.78, 5) is 22.7. The third-order valence-corrected chi connectivity index (χ3v) is 4.18. The minimum absolute atomic E-state index is 0.0000288. The highest BCUT2D eigenvalue weighted by Gasteiger charge is 2.44. The average molecular weight is 325 g/mol. The molecule has 5 nitrogen and oxygen atoms in total. The second-order valence-electron chi connectivity index (χ2n) is 5.59. The summed E-state index contributed by atoms with van der Waals surface area (Å²) in [5.74, 6) is -0.0000288. The number of nitrogens with one attached hydrogen (secondary N) is 2. The van der Waals surface area contributed by atoms with Gasteiger partial charge < -0.3 is 15.4 Å². The van der Waals surface area contributed by atoms with Crippen molar-refractivity contribution >= 4 is 23.6 Å². The Balaban J connectivity index is 1.71. The van der Waals surface area contributed by atoms with Gasteiger partial charge in [0.15, 0.2) is 0 Å². The maximum atomic E-state index is 11.8. The van der Waals surface area contributed by atoms with Crippen LogP contribution in [0.25, 0.3) is 0 Å². The molecule has 2 amide bonds. The molecule has 22 heavy (non-hydrogen) atoms. The zero-order valence-corrected chi connectivity index (χ0v) is 13.4. The molecule has 1 aliphatic rings. The molecule has 0 unspecified atom stereocenters. The molecule has 1 saturated carbocycles. The van der Waals surface area contributed by atoms with E-state index in [1.807, 2.05) is 18.2 Å². The Morgan fingerprint density at radius 2 is 2.09 bits per heavy atom. The first-order chi connectivity index (χ1) is 10.6. The van der Waals surface area contributed by atoms with E-state index in [2.05, 4.69) is 21.4 Å². The zero-order chi connectivity index (χ0) is 16.0. The van der Waals surface area contributed by atoms with Crippen molar-refractivity contribution < 1.29 is 14.3 Å². The number of halogens is 1. The molecule has 120 valence electrons. The summed E-state index contributed by atoms with van der Waals surface area (Å²) >= 11 is 6.03. The van der Waals surface area contributed by atoms with Crippen LogP contribution in [0.5, 0.6) is 0 Å².